The number of hydrazine groups is 1. The Bertz CT molecular complexity index is 1120. The predicted molar refractivity (Wildman–Crippen MR) is 128 cm³/mol. The summed E-state index contributed by atoms with van der Waals surface area (Å²) in [5.74, 6) is 2.11. The maximum atomic E-state index is 13.4. The third-order valence-corrected chi connectivity index (χ3v) is 6.25. The van der Waals surface area contributed by atoms with Crippen LogP contribution in [0.25, 0.3) is 0 Å². The summed E-state index contributed by atoms with van der Waals surface area (Å²) in [5, 5.41) is 6.54. The third-order valence-electron chi connectivity index (χ3n) is 6.01. The number of nitrogens with one attached hydrogen (secondary N) is 1. The number of amides is 4. The number of carbonyl (C=O) groups is 3. The van der Waals surface area contributed by atoms with E-state index in [9.17, 15) is 14.4 Å². The molecule has 2 atom stereocenters. The fourth-order valence-corrected chi connectivity index (χ4v) is 4.66. The summed E-state index contributed by atoms with van der Waals surface area (Å²) in [5.41, 5.74) is 1.81. The minimum atomic E-state index is -0.720. The molecule has 4 amide bonds. The van der Waals surface area contributed by atoms with Crippen LogP contribution in [-0.2, 0) is 22.7 Å². The van der Waals surface area contributed by atoms with E-state index in [1.807, 2.05) is 42.5 Å². The SMILES string of the molecule is C#CCN1CC(=O)N2[C@@H](C)C(=O)N(Cc3cccc(Cl)c3)C[C@@H]2N1C(=O)NCc1ccccc1. The maximum Gasteiger partial charge on any atom is 0.334 e. The van der Waals surface area contributed by atoms with Gasteiger partial charge in [0.2, 0.25) is 11.8 Å². The highest BCUT2D eigenvalue weighted by Gasteiger charge is 2.49. The lowest BCUT2D eigenvalue weighted by molar-refractivity contribution is -0.188. The van der Waals surface area contributed by atoms with E-state index in [4.69, 9.17) is 18.0 Å². The Morgan fingerprint density at radius 2 is 1.88 bits per heavy atom. The Labute approximate surface area is 204 Å². The first-order valence-corrected chi connectivity index (χ1v) is 11.4. The molecule has 2 aromatic carbocycles. The molecule has 8 nitrogen and oxygen atoms in total. The molecule has 2 saturated heterocycles. The summed E-state index contributed by atoms with van der Waals surface area (Å²) < 4.78 is 0. The van der Waals surface area contributed by atoms with Crippen LogP contribution in [0.5, 0.6) is 0 Å². The van der Waals surface area contributed by atoms with Crippen LogP contribution in [0.15, 0.2) is 54.6 Å². The largest absolute Gasteiger partial charge is 0.334 e. The van der Waals surface area contributed by atoms with Gasteiger partial charge < -0.3 is 15.1 Å². The fourth-order valence-electron chi connectivity index (χ4n) is 4.45. The molecule has 0 aromatic heterocycles. The van der Waals surface area contributed by atoms with Gasteiger partial charge in [-0.1, -0.05) is 60.0 Å². The Balaban J connectivity index is 1.60. The molecule has 176 valence electrons. The summed E-state index contributed by atoms with van der Waals surface area (Å²) in [6.07, 6.45) is 4.86. The van der Waals surface area contributed by atoms with Crippen molar-refractivity contribution in [3.8, 4) is 12.3 Å². The van der Waals surface area contributed by atoms with Gasteiger partial charge in [0.25, 0.3) is 0 Å². The second-order valence-electron chi connectivity index (χ2n) is 8.32. The van der Waals surface area contributed by atoms with Crippen molar-refractivity contribution in [2.45, 2.75) is 32.2 Å². The van der Waals surface area contributed by atoms with Crippen molar-refractivity contribution < 1.29 is 14.4 Å². The Hall–Kier alpha value is -3.54. The van der Waals surface area contributed by atoms with Crippen LogP contribution in [-0.4, -0.2) is 69.5 Å². The summed E-state index contributed by atoms with van der Waals surface area (Å²) in [4.78, 5) is 42.6. The molecule has 1 N–H and O–H groups in total. The van der Waals surface area contributed by atoms with Gasteiger partial charge in [-0.05, 0) is 30.2 Å². The molecular formula is C25H26ClN5O3. The smallest absolute Gasteiger partial charge is 0.333 e. The molecule has 2 fully saturated rings. The zero-order chi connectivity index (χ0) is 24.2. The van der Waals surface area contributed by atoms with E-state index >= 15 is 0 Å². The maximum absolute atomic E-state index is 13.4. The zero-order valence-electron chi connectivity index (χ0n) is 18.9. The normalized spacial score (nSPS) is 20.7. The number of piperazine rings is 1. The van der Waals surface area contributed by atoms with Crippen molar-refractivity contribution in [3.05, 3.63) is 70.7 Å². The van der Waals surface area contributed by atoms with Crippen molar-refractivity contribution in [1.82, 2.24) is 25.1 Å². The van der Waals surface area contributed by atoms with Crippen molar-refractivity contribution in [1.29, 1.82) is 0 Å². The monoisotopic (exact) mass is 479 g/mol. The first-order valence-electron chi connectivity index (χ1n) is 11.0. The molecule has 34 heavy (non-hydrogen) atoms. The van der Waals surface area contributed by atoms with Crippen LogP contribution in [0.1, 0.15) is 18.1 Å². The lowest BCUT2D eigenvalue weighted by Crippen LogP contribution is -2.75. The van der Waals surface area contributed by atoms with E-state index in [-0.39, 0.29) is 37.5 Å². The van der Waals surface area contributed by atoms with E-state index in [1.54, 1.807) is 29.0 Å². The van der Waals surface area contributed by atoms with Crippen LogP contribution in [0.2, 0.25) is 5.02 Å². The number of hydrogen-bond acceptors (Lipinski definition) is 4. The number of benzene rings is 2. The minimum Gasteiger partial charge on any atom is -0.333 e. The summed E-state index contributed by atoms with van der Waals surface area (Å²) in [6.45, 7) is 2.49. The zero-order valence-corrected chi connectivity index (χ0v) is 19.6. The number of fused-ring (bicyclic) bond motifs is 1. The van der Waals surface area contributed by atoms with Crippen molar-refractivity contribution >= 4 is 29.4 Å². The number of urea groups is 1. The molecule has 4 rings (SSSR count). The highest BCUT2D eigenvalue weighted by molar-refractivity contribution is 6.30. The molecule has 2 aromatic rings. The lowest BCUT2D eigenvalue weighted by Gasteiger charge is -2.54. The molecule has 0 aliphatic carbocycles. The molecular weight excluding hydrogens is 454 g/mol. The van der Waals surface area contributed by atoms with Gasteiger partial charge in [-0.3, -0.25) is 9.59 Å². The number of terminal acetylenes is 1. The average molecular weight is 480 g/mol. The molecule has 0 bridgehead atoms. The number of halogens is 1. The number of hydrogen-bond donors (Lipinski definition) is 1. The third kappa shape index (κ3) is 4.86. The standard InChI is InChI=1S/C25H26ClN5O3/c1-3-12-29-17-23(32)30-18(2)24(33)28(15-20-10-7-11-21(26)13-20)16-22(30)31(29)25(34)27-14-19-8-5-4-6-9-19/h1,4-11,13,18,22H,12,14-17H2,2H3,(H,27,34)/t18-,22-/m0/s1. The van der Waals surface area contributed by atoms with Crippen LogP contribution >= 0.6 is 11.6 Å². The van der Waals surface area contributed by atoms with Gasteiger partial charge >= 0.3 is 6.03 Å². The van der Waals surface area contributed by atoms with E-state index in [0.29, 0.717) is 18.1 Å². The van der Waals surface area contributed by atoms with Gasteiger partial charge in [-0.25, -0.2) is 9.80 Å². The molecule has 0 spiro atoms. The average Bonchev–Trinajstić information content (AvgIpc) is 2.81. The van der Waals surface area contributed by atoms with Gasteiger partial charge in [0.1, 0.15) is 12.2 Å². The van der Waals surface area contributed by atoms with Crippen molar-refractivity contribution in [2.75, 3.05) is 19.6 Å². The van der Waals surface area contributed by atoms with Gasteiger partial charge in [-0.15, -0.1) is 6.42 Å². The number of nitrogens with zero attached hydrogens (tertiary/aromatic N) is 4. The highest BCUT2D eigenvalue weighted by Crippen LogP contribution is 2.27. The molecule has 2 aliphatic rings. The lowest BCUT2D eigenvalue weighted by atomic mass is 10.1. The van der Waals surface area contributed by atoms with E-state index in [2.05, 4.69) is 11.2 Å². The van der Waals surface area contributed by atoms with Crippen LogP contribution in [0.4, 0.5) is 4.79 Å². The van der Waals surface area contributed by atoms with E-state index < -0.39 is 12.2 Å². The Morgan fingerprint density at radius 1 is 1.15 bits per heavy atom. The Kier molecular flexibility index (Phi) is 7.06. The van der Waals surface area contributed by atoms with E-state index in [1.165, 1.54) is 9.91 Å². The second-order valence-corrected chi connectivity index (χ2v) is 8.76. The van der Waals surface area contributed by atoms with Crippen molar-refractivity contribution in [3.63, 3.8) is 0 Å². The Morgan fingerprint density at radius 3 is 2.59 bits per heavy atom. The molecule has 0 unspecified atom stereocenters. The molecule has 9 heteroatoms. The first kappa shape index (κ1) is 23.6. The quantitative estimate of drug-likeness (QED) is 0.668. The molecule has 2 heterocycles. The number of carbonyl (C=O) groups excluding carboxylic acids is 3. The van der Waals surface area contributed by atoms with Gasteiger partial charge in [-0.2, -0.15) is 5.01 Å². The van der Waals surface area contributed by atoms with Crippen LogP contribution in [0.3, 0.4) is 0 Å². The number of rotatable bonds is 5. The minimum absolute atomic E-state index is 0.0780. The highest BCUT2D eigenvalue weighted by atomic mass is 35.5. The van der Waals surface area contributed by atoms with Crippen molar-refractivity contribution in [2.24, 2.45) is 0 Å². The van der Waals surface area contributed by atoms with Crippen LogP contribution in [0, 0.1) is 12.3 Å². The molecule has 2 aliphatic heterocycles. The van der Waals surface area contributed by atoms with Gasteiger partial charge in [0.05, 0.1) is 19.6 Å². The van der Waals surface area contributed by atoms with E-state index in [0.717, 1.165) is 11.1 Å². The topological polar surface area (TPSA) is 76.2 Å². The van der Waals surface area contributed by atoms with Crippen LogP contribution < -0.4 is 5.32 Å². The summed E-state index contributed by atoms with van der Waals surface area (Å²) in [7, 11) is 0. The van der Waals surface area contributed by atoms with Gasteiger partial charge in [0.15, 0.2) is 0 Å². The summed E-state index contributed by atoms with van der Waals surface area (Å²) >= 11 is 6.12. The fraction of sp³-hybridized carbons (Fsp3) is 0.320. The molecule has 0 saturated carbocycles. The summed E-state index contributed by atoms with van der Waals surface area (Å²) in [6, 6.07) is 15.7. The second kappa shape index (κ2) is 10.2. The first-order chi connectivity index (χ1) is 16.4. The van der Waals surface area contributed by atoms with Gasteiger partial charge in [0, 0.05) is 18.1 Å². The molecule has 0 radical (unpaired) electrons. The predicted octanol–water partition coefficient (Wildman–Crippen LogP) is 2.30.